The van der Waals surface area contributed by atoms with E-state index in [1.54, 1.807) is 18.2 Å². The number of oxazole rings is 1. The number of rotatable bonds is 5. The van der Waals surface area contributed by atoms with Gasteiger partial charge in [0.1, 0.15) is 5.52 Å². The Morgan fingerprint density at radius 2 is 2.39 bits per heavy atom. The first-order valence-electron chi connectivity index (χ1n) is 5.62. The molecular formula is C12H13ClN2O3. The summed E-state index contributed by atoms with van der Waals surface area (Å²) in [7, 11) is 0. The van der Waals surface area contributed by atoms with Gasteiger partial charge >= 0.3 is 0 Å². The summed E-state index contributed by atoms with van der Waals surface area (Å²) >= 11 is 5.64. The molecule has 2 rings (SSSR count). The van der Waals surface area contributed by atoms with Crippen LogP contribution in [0.1, 0.15) is 17.3 Å². The standard InChI is InChI=1S/C12H13ClN2O3/c1-2-17-6-5-14-11(16)8-3-4-10-9(7-8)15-12(13)18-10/h3-4,7H,2,5-6H2,1H3,(H,14,16). The lowest BCUT2D eigenvalue weighted by Gasteiger charge is -2.04. The highest BCUT2D eigenvalue weighted by molar-refractivity contribution is 6.28. The topological polar surface area (TPSA) is 64.4 Å². The number of hydrogen-bond acceptors (Lipinski definition) is 4. The molecule has 0 fully saturated rings. The highest BCUT2D eigenvalue weighted by Crippen LogP contribution is 2.19. The summed E-state index contributed by atoms with van der Waals surface area (Å²) < 4.78 is 10.3. The van der Waals surface area contributed by atoms with Crippen molar-refractivity contribution in [2.24, 2.45) is 0 Å². The van der Waals surface area contributed by atoms with Gasteiger partial charge in [-0.15, -0.1) is 0 Å². The minimum absolute atomic E-state index is 0.0684. The van der Waals surface area contributed by atoms with Crippen molar-refractivity contribution >= 4 is 28.6 Å². The van der Waals surface area contributed by atoms with Gasteiger partial charge in [0, 0.05) is 18.7 Å². The van der Waals surface area contributed by atoms with Crippen molar-refractivity contribution in [1.82, 2.24) is 10.3 Å². The predicted molar refractivity (Wildman–Crippen MR) is 67.8 cm³/mol. The van der Waals surface area contributed by atoms with E-state index in [2.05, 4.69) is 10.3 Å². The van der Waals surface area contributed by atoms with Crippen molar-refractivity contribution < 1.29 is 13.9 Å². The van der Waals surface area contributed by atoms with E-state index >= 15 is 0 Å². The lowest BCUT2D eigenvalue weighted by Crippen LogP contribution is -2.27. The number of carbonyl (C=O) groups is 1. The van der Waals surface area contributed by atoms with Crippen LogP contribution in [0.2, 0.25) is 5.35 Å². The maximum absolute atomic E-state index is 11.8. The van der Waals surface area contributed by atoms with Crippen LogP contribution in [0, 0.1) is 0 Å². The van der Waals surface area contributed by atoms with E-state index in [0.29, 0.717) is 36.4 Å². The Hall–Kier alpha value is -1.59. The van der Waals surface area contributed by atoms with Crippen LogP contribution in [0.15, 0.2) is 22.6 Å². The summed E-state index contributed by atoms with van der Waals surface area (Å²) in [4.78, 5) is 15.8. The molecule has 1 aromatic heterocycles. The summed E-state index contributed by atoms with van der Waals surface area (Å²) in [6.45, 7) is 3.52. The molecule has 0 atom stereocenters. The number of carbonyl (C=O) groups excluding carboxylic acids is 1. The molecule has 2 aromatic rings. The fourth-order valence-electron chi connectivity index (χ4n) is 1.52. The van der Waals surface area contributed by atoms with Crippen molar-refractivity contribution in [3.05, 3.63) is 29.1 Å². The SMILES string of the molecule is CCOCCNC(=O)c1ccc2oc(Cl)nc2c1. The van der Waals surface area contributed by atoms with Crippen LogP contribution < -0.4 is 5.32 Å². The average Bonchev–Trinajstić information content (AvgIpc) is 2.73. The first-order chi connectivity index (χ1) is 8.70. The summed E-state index contributed by atoms with van der Waals surface area (Å²) in [5.41, 5.74) is 1.65. The molecule has 1 N–H and O–H groups in total. The Kier molecular flexibility index (Phi) is 4.17. The molecule has 0 radical (unpaired) electrons. The number of ether oxygens (including phenoxy) is 1. The minimum atomic E-state index is -0.171. The molecule has 96 valence electrons. The molecule has 6 heteroatoms. The largest absolute Gasteiger partial charge is 0.428 e. The van der Waals surface area contributed by atoms with Crippen LogP contribution in [-0.4, -0.2) is 30.6 Å². The Morgan fingerprint density at radius 1 is 1.56 bits per heavy atom. The van der Waals surface area contributed by atoms with Crippen molar-refractivity contribution in [2.45, 2.75) is 6.92 Å². The summed E-state index contributed by atoms with van der Waals surface area (Å²) in [6.07, 6.45) is 0. The number of nitrogens with zero attached hydrogens (tertiary/aromatic N) is 1. The zero-order valence-corrected chi connectivity index (χ0v) is 10.7. The molecule has 0 saturated carbocycles. The summed E-state index contributed by atoms with van der Waals surface area (Å²) in [5.74, 6) is -0.171. The quantitative estimate of drug-likeness (QED) is 0.845. The molecule has 1 heterocycles. The van der Waals surface area contributed by atoms with Gasteiger partial charge in [0.05, 0.1) is 6.61 Å². The number of benzene rings is 1. The Bertz CT molecular complexity index is 553. The number of amides is 1. The molecule has 0 bridgehead atoms. The smallest absolute Gasteiger partial charge is 0.293 e. The molecule has 0 aliphatic carbocycles. The molecule has 0 unspecified atom stereocenters. The lowest BCUT2D eigenvalue weighted by molar-refractivity contribution is 0.0922. The monoisotopic (exact) mass is 268 g/mol. The van der Waals surface area contributed by atoms with Crippen LogP contribution in [0.5, 0.6) is 0 Å². The van der Waals surface area contributed by atoms with Crippen LogP contribution in [-0.2, 0) is 4.74 Å². The first-order valence-corrected chi connectivity index (χ1v) is 6.00. The molecule has 18 heavy (non-hydrogen) atoms. The van der Waals surface area contributed by atoms with Gasteiger partial charge in [-0.2, -0.15) is 4.98 Å². The van der Waals surface area contributed by atoms with Gasteiger partial charge in [-0.3, -0.25) is 4.79 Å². The molecule has 0 saturated heterocycles. The molecule has 0 aliphatic rings. The maximum Gasteiger partial charge on any atom is 0.293 e. The highest BCUT2D eigenvalue weighted by atomic mass is 35.5. The van der Waals surface area contributed by atoms with E-state index < -0.39 is 0 Å². The molecule has 1 amide bonds. The van der Waals surface area contributed by atoms with Gasteiger partial charge < -0.3 is 14.5 Å². The van der Waals surface area contributed by atoms with E-state index in [9.17, 15) is 4.79 Å². The summed E-state index contributed by atoms with van der Waals surface area (Å²) in [6, 6.07) is 4.98. The number of fused-ring (bicyclic) bond motifs is 1. The third-order valence-electron chi connectivity index (χ3n) is 2.36. The van der Waals surface area contributed by atoms with Gasteiger partial charge in [0.2, 0.25) is 0 Å². The van der Waals surface area contributed by atoms with E-state index in [1.165, 1.54) is 0 Å². The number of nitrogens with one attached hydrogen (secondary N) is 1. The van der Waals surface area contributed by atoms with Crippen molar-refractivity contribution in [1.29, 1.82) is 0 Å². The summed E-state index contributed by atoms with van der Waals surface area (Å²) in [5, 5.41) is 2.82. The molecule has 5 nitrogen and oxygen atoms in total. The average molecular weight is 269 g/mol. The highest BCUT2D eigenvalue weighted by Gasteiger charge is 2.09. The van der Waals surface area contributed by atoms with Crippen molar-refractivity contribution in [3.8, 4) is 0 Å². The zero-order chi connectivity index (χ0) is 13.0. The second kappa shape index (κ2) is 5.84. The third-order valence-corrected chi connectivity index (χ3v) is 2.52. The minimum Gasteiger partial charge on any atom is -0.428 e. The zero-order valence-electron chi connectivity index (χ0n) is 9.90. The van der Waals surface area contributed by atoms with E-state index in [1.807, 2.05) is 6.92 Å². The molecule has 0 aliphatic heterocycles. The number of aromatic nitrogens is 1. The Labute approximate surface area is 109 Å². The van der Waals surface area contributed by atoms with Crippen LogP contribution in [0.4, 0.5) is 0 Å². The Balaban J connectivity index is 2.03. The van der Waals surface area contributed by atoms with Gasteiger partial charge in [-0.05, 0) is 36.7 Å². The maximum atomic E-state index is 11.8. The van der Waals surface area contributed by atoms with E-state index in [-0.39, 0.29) is 11.3 Å². The molecule has 1 aromatic carbocycles. The van der Waals surface area contributed by atoms with Crippen LogP contribution in [0.25, 0.3) is 11.1 Å². The second-order valence-corrected chi connectivity index (χ2v) is 3.93. The van der Waals surface area contributed by atoms with E-state index in [4.69, 9.17) is 20.8 Å². The second-order valence-electron chi connectivity index (χ2n) is 3.60. The number of hydrogen-bond donors (Lipinski definition) is 1. The van der Waals surface area contributed by atoms with Crippen molar-refractivity contribution in [3.63, 3.8) is 0 Å². The van der Waals surface area contributed by atoms with Gasteiger partial charge in [-0.25, -0.2) is 0 Å². The van der Waals surface area contributed by atoms with Crippen LogP contribution in [0.3, 0.4) is 0 Å². The number of halogens is 1. The normalized spacial score (nSPS) is 10.8. The lowest BCUT2D eigenvalue weighted by atomic mass is 10.2. The molecular weight excluding hydrogens is 256 g/mol. The van der Waals surface area contributed by atoms with Gasteiger partial charge in [0.25, 0.3) is 11.3 Å². The van der Waals surface area contributed by atoms with Gasteiger partial charge in [-0.1, -0.05) is 0 Å². The third kappa shape index (κ3) is 3.00. The first kappa shape index (κ1) is 12.9. The Morgan fingerprint density at radius 3 is 3.17 bits per heavy atom. The fraction of sp³-hybridized carbons (Fsp3) is 0.333. The van der Waals surface area contributed by atoms with Gasteiger partial charge in [0.15, 0.2) is 5.58 Å². The van der Waals surface area contributed by atoms with Crippen LogP contribution >= 0.6 is 11.6 Å². The predicted octanol–water partition coefficient (Wildman–Crippen LogP) is 2.25. The fourth-order valence-corrected chi connectivity index (χ4v) is 1.70. The molecule has 0 spiro atoms. The van der Waals surface area contributed by atoms with Crippen molar-refractivity contribution in [2.75, 3.05) is 19.8 Å². The van der Waals surface area contributed by atoms with E-state index in [0.717, 1.165) is 0 Å².